The average molecular weight is 569 g/mol. The summed E-state index contributed by atoms with van der Waals surface area (Å²) in [5.41, 5.74) is -0.505. The number of halogens is 5. The first kappa shape index (κ1) is 27.1. The Morgan fingerprint density at radius 2 is 1.75 bits per heavy atom. The van der Waals surface area contributed by atoms with Gasteiger partial charge in [0.15, 0.2) is 0 Å². The van der Waals surface area contributed by atoms with E-state index in [2.05, 4.69) is 20.3 Å². The Bertz CT molecular complexity index is 1670. The fourth-order valence-electron chi connectivity index (χ4n) is 4.57. The molecule has 0 fully saturated rings. The number of aromatic nitrogens is 3. The van der Waals surface area contributed by atoms with Crippen LogP contribution in [0.15, 0.2) is 85.1 Å². The van der Waals surface area contributed by atoms with Crippen LogP contribution >= 0.6 is 11.6 Å². The van der Waals surface area contributed by atoms with Gasteiger partial charge in [0, 0.05) is 12.6 Å². The number of ether oxygens (including phenoxy) is 1. The first-order valence-corrected chi connectivity index (χ1v) is 12.4. The number of nitrogens with zero attached hydrogens (tertiary/aromatic N) is 2. The monoisotopic (exact) mass is 568 g/mol. The largest absolute Gasteiger partial charge is 0.465 e. The number of anilines is 1. The van der Waals surface area contributed by atoms with Gasteiger partial charge >= 0.3 is 12.1 Å². The van der Waals surface area contributed by atoms with E-state index in [-0.39, 0.29) is 29.2 Å². The van der Waals surface area contributed by atoms with Crippen LogP contribution in [0.5, 0.6) is 0 Å². The summed E-state index contributed by atoms with van der Waals surface area (Å²) in [5, 5.41) is 3.54. The predicted octanol–water partition coefficient (Wildman–Crippen LogP) is 7.15. The molecule has 0 bridgehead atoms. The molecule has 2 heterocycles. The van der Waals surface area contributed by atoms with Crippen LogP contribution in [0.1, 0.15) is 32.7 Å². The molecule has 2 aromatic heterocycles. The molecule has 0 aliphatic heterocycles. The molecule has 40 heavy (non-hydrogen) atoms. The fourth-order valence-corrected chi connectivity index (χ4v) is 4.68. The molecular formula is C29H21ClF4N4O2. The maximum Gasteiger partial charge on any atom is 0.416 e. The van der Waals surface area contributed by atoms with Crippen LogP contribution in [0.4, 0.5) is 23.5 Å². The smallest absolute Gasteiger partial charge is 0.416 e. The highest BCUT2D eigenvalue weighted by atomic mass is 35.5. The topological polar surface area (TPSA) is 79.9 Å². The summed E-state index contributed by atoms with van der Waals surface area (Å²) in [6.07, 6.45) is -3.37. The molecule has 1 atom stereocenters. The van der Waals surface area contributed by atoms with Gasteiger partial charge in [-0.3, -0.25) is 4.98 Å². The van der Waals surface area contributed by atoms with E-state index in [1.165, 1.54) is 13.3 Å². The molecule has 0 spiro atoms. The second kappa shape index (κ2) is 10.6. The summed E-state index contributed by atoms with van der Waals surface area (Å²) in [6.45, 7) is 0. The summed E-state index contributed by atoms with van der Waals surface area (Å²) >= 11 is 6.10. The van der Waals surface area contributed by atoms with E-state index in [0.29, 0.717) is 22.1 Å². The van der Waals surface area contributed by atoms with Gasteiger partial charge in [-0.05, 0) is 59.7 Å². The van der Waals surface area contributed by atoms with Gasteiger partial charge in [-0.25, -0.2) is 14.2 Å². The van der Waals surface area contributed by atoms with Gasteiger partial charge in [-0.1, -0.05) is 41.9 Å². The Balaban J connectivity index is 1.74. The standard InChI is InChI=1S/C29H21ClF4N4O2/c1-40-26(39)18-7-9-23-24(11-18)37-27(36-23)38-28(15-17-5-3-2-4-6-17,25-10-8-21(30)16-35-25)19-12-20(29(32,33)34)14-22(31)13-19/h2-14,16H,15H2,1H3,(H2,36,37,38)/t28-/m1/s1. The number of rotatable bonds is 7. The lowest BCUT2D eigenvalue weighted by Gasteiger charge is -2.35. The Labute approximate surface area is 231 Å². The number of aromatic amines is 1. The van der Waals surface area contributed by atoms with Crippen LogP contribution in [-0.4, -0.2) is 28.0 Å². The van der Waals surface area contributed by atoms with Crippen LogP contribution < -0.4 is 5.32 Å². The second-order valence-electron chi connectivity index (χ2n) is 9.09. The van der Waals surface area contributed by atoms with Crippen LogP contribution in [0.2, 0.25) is 5.02 Å². The molecule has 0 saturated heterocycles. The lowest BCUT2D eigenvalue weighted by atomic mass is 9.80. The van der Waals surface area contributed by atoms with Crippen LogP contribution in [0.3, 0.4) is 0 Å². The van der Waals surface area contributed by atoms with Gasteiger partial charge in [0.2, 0.25) is 5.95 Å². The third-order valence-electron chi connectivity index (χ3n) is 6.43. The molecule has 204 valence electrons. The number of esters is 1. The first-order valence-electron chi connectivity index (χ1n) is 12.0. The molecule has 0 aliphatic rings. The Morgan fingerprint density at radius 3 is 2.42 bits per heavy atom. The van der Waals surface area contributed by atoms with Crippen molar-refractivity contribution < 1.29 is 27.1 Å². The molecule has 0 unspecified atom stereocenters. The van der Waals surface area contributed by atoms with Crippen molar-refractivity contribution in [2.24, 2.45) is 0 Å². The number of benzene rings is 3. The van der Waals surface area contributed by atoms with E-state index < -0.39 is 29.1 Å². The van der Waals surface area contributed by atoms with Crippen molar-refractivity contribution in [1.29, 1.82) is 0 Å². The molecular weight excluding hydrogens is 548 g/mol. The molecule has 0 radical (unpaired) electrons. The highest BCUT2D eigenvalue weighted by Crippen LogP contribution is 2.40. The number of methoxy groups -OCH3 is 1. The number of hydrogen-bond donors (Lipinski definition) is 2. The number of imidazole rings is 1. The lowest BCUT2D eigenvalue weighted by molar-refractivity contribution is -0.137. The van der Waals surface area contributed by atoms with Gasteiger partial charge in [-0.2, -0.15) is 13.2 Å². The van der Waals surface area contributed by atoms with Gasteiger partial charge in [0.1, 0.15) is 11.4 Å². The SMILES string of the molecule is COC(=O)c1ccc2nc(N[C@](Cc3ccccc3)(c3cc(F)cc(C(F)(F)F)c3)c3ccc(Cl)cn3)[nH]c2c1. The van der Waals surface area contributed by atoms with Gasteiger partial charge < -0.3 is 15.0 Å². The fraction of sp³-hybridized carbons (Fsp3) is 0.138. The van der Waals surface area contributed by atoms with E-state index in [1.807, 2.05) is 0 Å². The highest BCUT2D eigenvalue weighted by molar-refractivity contribution is 6.30. The Morgan fingerprint density at radius 1 is 1.00 bits per heavy atom. The summed E-state index contributed by atoms with van der Waals surface area (Å²) < 4.78 is 61.1. The first-order chi connectivity index (χ1) is 19.1. The lowest BCUT2D eigenvalue weighted by Crippen LogP contribution is -2.40. The number of hydrogen-bond acceptors (Lipinski definition) is 5. The summed E-state index contributed by atoms with van der Waals surface area (Å²) in [7, 11) is 1.26. The van der Waals surface area contributed by atoms with Gasteiger partial charge in [0.05, 0.1) is 40.0 Å². The van der Waals surface area contributed by atoms with Crippen molar-refractivity contribution >= 4 is 34.6 Å². The molecule has 0 saturated carbocycles. The van der Waals surface area contributed by atoms with Crippen LogP contribution in [-0.2, 0) is 22.9 Å². The molecule has 11 heteroatoms. The maximum absolute atomic E-state index is 14.8. The van der Waals surface area contributed by atoms with E-state index in [1.54, 1.807) is 60.7 Å². The number of carbonyl (C=O) groups excluding carboxylic acids is 1. The van der Waals surface area contributed by atoms with Crippen molar-refractivity contribution in [3.05, 3.63) is 124 Å². The molecule has 6 nitrogen and oxygen atoms in total. The van der Waals surface area contributed by atoms with E-state index in [4.69, 9.17) is 16.3 Å². The maximum atomic E-state index is 14.8. The van der Waals surface area contributed by atoms with Crippen molar-refractivity contribution in [3.63, 3.8) is 0 Å². The number of pyridine rings is 1. The number of H-pyrrole nitrogens is 1. The second-order valence-corrected chi connectivity index (χ2v) is 9.53. The van der Waals surface area contributed by atoms with Crippen LogP contribution in [0.25, 0.3) is 11.0 Å². The van der Waals surface area contributed by atoms with Gasteiger partial charge in [0.25, 0.3) is 0 Å². The summed E-state index contributed by atoms with van der Waals surface area (Å²) in [4.78, 5) is 24.1. The van der Waals surface area contributed by atoms with Crippen LogP contribution in [0, 0.1) is 5.82 Å². The predicted molar refractivity (Wildman–Crippen MR) is 143 cm³/mol. The molecule has 3 aromatic carbocycles. The normalized spacial score (nSPS) is 13.2. The minimum absolute atomic E-state index is 0.0331. The van der Waals surface area contributed by atoms with E-state index in [0.717, 1.165) is 17.7 Å². The van der Waals surface area contributed by atoms with Crippen molar-refractivity contribution in [3.8, 4) is 0 Å². The Hall–Kier alpha value is -4.44. The number of nitrogens with one attached hydrogen (secondary N) is 2. The minimum atomic E-state index is -4.80. The zero-order valence-corrected chi connectivity index (χ0v) is 21.6. The van der Waals surface area contributed by atoms with Crippen molar-refractivity contribution in [2.75, 3.05) is 12.4 Å². The average Bonchev–Trinajstić information content (AvgIpc) is 3.33. The molecule has 0 aliphatic carbocycles. The zero-order chi connectivity index (χ0) is 28.5. The molecule has 0 amide bonds. The number of alkyl halides is 3. The molecule has 5 rings (SSSR count). The number of carbonyl (C=O) groups is 1. The molecule has 5 aromatic rings. The van der Waals surface area contributed by atoms with E-state index in [9.17, 15) is 22.4 Å². The Kier molecular flexibility index (Phi) is 7.20. The van der Waals surface area contributed by atoms with Gasteiger partial charge in [-0.15, -0.1) is 0 Å². The summed E-state index contributed by atoms with van der Waals surface area (Å²) in [6, 6.07) is 19.2. The third-order valence-corrected chi connectivity index (χ3v) is 6.65. The third kappa shape index (κ3) is 5.48. The zero-order valence-electron chi connectivity index (χ0n) is 20.9. The molecule has 2 N–H and O–H groups in total. The van der Waals surface area contributed by atoms with E-state index >= 15 is 0 Å². The summed E-state index contributed by atoms with van der Waals surface area (Å²) in [5.74, 6) is -1.46. The number of fused-ring (bicyclic) bond motifs is 1. The minimum Gasteiger partial charge on any atom is -0.465 e. The van der Waals surface area contributed by atoms with Crippen molar-refractivity contribution in [1.82, 2.24) is 15.0 Å². The highest BCUT2D eigenvalue weighted by Gasteiger charge is 2.40. The quantitative estimate of drug-likeness (QED) is 0.161. The van der Waals surface area contributed by atoms with Crippen molar-refractivity contribution in [2.45, 2.75) is 18.1 Å².